The molecule has 0 heterocycles. The summed E-state index contributed by atoms with van der Waals surface area (Å²) in [5.74, 6) is 0.274. The van der Waals surface area contributed by atoms with Crippen molar-refractivity contribution in [2.24, 2.45) is 0 Å². The lowest BCUT2D eigenvalue weighted by Crippen LogP contribution is -2.40. The van der Waals surface area contributed by atoms with Gasteiger partial charge in [-0.1, -0.05) is 30.7 Å². The first kappa shape index (κ1) is 22.7. The number of amides is 1. The van der Waals surface area contributed by atoms with E-state index in [9.17, 15) is 13.2 Å². The summed E-state index contributed by atoms with van der Waals surface area (Å²) in [6.07, 6.45) is 0.879. The normalized spacial score (nSPS) is 11.1. The van der Waals surface area contributed by atoms with Gasteiger partial charge in [0, 0.05) is 5.02 Å². The Bertz CT molecular complexity index is 1130. The van der Waals surface area contributed by atoms with Crippen LogP contribution in [-0.2, 0) is 21.2 Å². The van der Waals surface area contributed by atoms with Gasteiger partial charge in [0.25, 0.3) is 15.9 Å². The van der Waals surface area contributed by atoms with Crippen molar-refractivity contribution in [3.63, 3.8) is 0 Å². The summed E-state index contributed by atoms with van der Waals surface area (Å²) in [7, 11) is -2.70. The molecule has 0 atom stereocenters. The minimum Gasteiger partial charge on any atom is -0.497 e. The topological polar surface area (TPSA) is 72.9 Å². The molecule has 3 aromatic rings. The summed E-state index contributed by atoms with van der Waals surface area (Å²) in [6, 6.07) is 19.1. The molecule has 162 valence electrons. The molecule has 0 saturated heterocycles. The monoisotopic (exact) mass is 459 g/mol. The maximum atomic E-state index is 13.3. The van der Waals surface area contributed by atoms with Crippen molar-refractivity contribution >= 4 is 33.2 Å². The summed E-state index contributed by atoms with van der Waals surface area (Å²) in [5.41, 5.74) is 1.30. The molecule has 0 aliphatic heterocycles. The molecule has 1 amide bonds. The quantitative estimate of drug-likeness (QED) is 0.487. The molecule has 0 aromatic heterocycles. The number of hydrogen-bond donors (Lipinski definition) is 0. The number of benzene rings is 3. The van der Waals surface area contributed by atoms with Crippen LogP contribution in [0.4, 0.5) is 5.69 Å². The van der Waals surface area contributed by atoms with E-state index in [0.29, 0.717) is 16.5 Å². The number of sulfonamides is 1. The highest BCUT2D eigenvalue weighted by molar-refractivity contribution is 7.93. The first-order valence-electron chi connectivity index (χ1n) is 9.54. The largest absolute Gasteiger partial charge is 0.497 e. The molecular weight excluding hydrogens is 438 g/mol. The van der Waals surface area contributed by atoms with E-state index in [-0.39, 0.29) is 10.6 Å². The van der Waals surface area contributed by atoms with Crippen molar-refractivity contribution in [2.45, 2.75) is 18.2 Å². The van der Waals surface area contributed by atoms with Crippen LogP contribution in [0, 0.1) is 0 Å². The van der Waals surface area contributed by atoms with Gasteiger partial charge in [0.05, 0.1) is 17.7 Å². The van der Waals surface area contributed by atoms with E-state index in [4.69, 9.17) is 21.1 Å². The summed E-state index contributed by atoms with van der Waals surface area (Å²) in [5, 5.41) is 0.389. The molecule has 6 nitrogen and oxygen atoms in total. The molecule has 0 saturated carbocycles. The van der Waals surface area contributed by atoms with Crippen molar-refractivity contribution in [3.05, 3.63) is 83.4 Å². The van der Waals surface area contributed by atoms with Crippen molar-refractivity contribution in [1.29, 1.82) is 0 Å². The maximum absolute atomic E-state index is 13.3. The average molecular weight is 460 g/mol. The fourth-order valence-electron chi connectivity index (χ4n) is 2.87. The second-order valence-corrected chi connectivity index (χ2v) is 8.82. The number of carbonyl (C=O) groups excluding carboxylic acids is 1. The molecule has 3 rings (SSSR count). The van der Waals surface area contributed by atoms with Gasteiger partial charge < -0.3 is 9.47 Å². The van der Waals surface area contributed by atoms with Crippen LogP contribution in [0.5, 0.6) is 11.5 Å². The van der Waals surface area contributed by atoms with Gasteiger partial charge in [-0.25, -0.2) is 8.42 Å². The molecular formula is C23H22ClNO5S. The van der Waals surface area contributed by atoms with E-state index in [1.54, 1.807) is 24.3 Å². The number of halogens is 1. The zero-order valence-electron chi connectivity index (χ0n) is 17.1. The lowest BCUT2D eigenvalue weighted by atomic mass is 10.2. The number of aryl methyl sites for hydroxylation is 1. The molecule has 0 bridgehead atoms. The third kappa shape index (κ3) is 5.37. The predicted octanol–water partition coefficient (Wildman–Crippen LogP) is 4.71. The SMILES string of the molecule is CCc1ccc(OCC(=O)N(c2ccc(OC)cc2)S(=O)(=O)c2ccc(Cl)cc2)cc1. The molecule has 0 N–H and O–H groups in total. The second-order valence-electron chi connectivity index (χ2n) is 6.60. The highest BCUT2D eigenvalue weighted by Crippen LogP contribution is 2.27. The van der Waals surface area contributed by atoms with Gasteiger partial charge in [0.1, 0.15) is 11.5 Å². The van der Waals surface area contributed by atoms with Crippen LogP contribution in [-0.4, -0.2) is 28.0 Å². The van der Waals surface area contributed by atoms with Crippen molar-refractivity contribution in [3.8, 4) is 11.5 Å². The van der Waals surface area contributed by atoms with Gasteiger partial charge in [-0.3, -0.25) is 4.79 Å². The summed E-state index contributed by atoms with van der Waals surface area (Å²) in [4.78, 5) is 13.0. The van der Waals surface area contributed by atoms with Crippen LogP contribution in [0.1, 0.15) is 12.5 Å². The Morgan fingerprint density at radius 3 is 2.03 bits per heavy atom. The minimum atomic E-state index is -4.20. The number of carbonyl (C=O) groups is 1. The third-order valence-corrected chi connectivity index (χ3v) is 6.59. The lowest BCUT2D eigenvalue weighted by Gasteiger charge is -2.23. The summed E-state index contributed by atoms with van der Waals surface area (Å²) in [6.45, 7) is 1.58. The molecule has 8 heteroatoms. The van der Waals surface area contributed by atoms with E-state index in [2.05, 4.69) is 0 Å². The van der Waals surface area contributed by atoms with Crippen LogP contribution < -0.4 is 13.8 Å². The Labute approximate surface area is 187 Å². The van der Waals surface area contributed by atoms with Crippen molar-refractivity contribution in [1.82, 2.24) is 0 Å². The van der Waals surface area contributed by atoms with E-state index < -0.39 is 22.5 Å². The Kier molecular flexibility index (Phi) is 7.20. The molecule has 31 heavy (non-hydrogen) atoms. The number of ether oxygens (including phenoxy) is 2. The van der Waals surface area contributed by atoms with Gasteiger partial charge in [-0.2, -0.15) is 4.31 Å². The Hall–Kier alpha value is -3.03. The van der Waals surface area contributed by atoms with Crippen LogP contribution in [0.2, 0.25) is 5.02 Å². The fourth-order valence-corrected chi connectivity index (χ4v) is 4.41. The van der Waals surface area contributed by atoms with Crippen molar-refractivity contribution in [2.75, 3.05) is 18.0 Å². The zero-order valence-corrected chi connectivity index (χ0v) is 18.7. The Balaban J connectivity index is 1.92. The van der Waals surface area contributed by atoms with E-state index in [1.165, 1.54) is 43.5 Å². The lowest BCUT2D eigenvalue weighted by molar-refractivity contribution is -0.119. The number of anilines is 1. The van der Waals surface area contributed by atoms with Gasteiger partial charge >= 0.3 is 0 Å². The average Bonchev–Trinajstić information content (AvgIpc) is 2.79. The Morgan fingerprint density at radius 1 is 0.903 bits per heavy atom. The minimum absolute atomic E-state index is 0.0617. The molecule has 0 aliphatic rings. The molecule has 3 aromatic carbocycles. The highest BCUT2D eigenvalue weighted by Gasteiger charge is 2.31. The van der Waals surface area contributed by atoms with Crippen LogP contribution >= 0.6 is 11.6 Å². The first-order chi connectivity index (χ1) is 14.8. The molecule has 0 radical (unpaired) electrons. The third-order valence-electron chi connectivity index (χ3n) is 4.58. The predicted molar refractivity (Wildman–Crippen MR) is 120 cm³/mol. The van der Waals surface area contributed by atoms with Gasteiger partial charge in [0.15, 0.2) is 6.61 Å². The van der Waals surface area contributed by atoms with Gasteiger partial charge in [-0.15, -0.1) is 0 Å². The summed E-state index contributed by atoms with van der Waals surface area (Å²) >= 11 is 5.88. The molecule has 0 fully saturated rings. The number of rotatable bonds is 8. The first-order valence-corrected chi connectivity index (χ1v) is 11.4. The molecule has 0 unspecified atom stereocenters. The highest BCUT2D eigenvalue weighted by atomic mass is 35.5. The summed E-state index contributed by atoms with van der Waals surface area (Å²) < 4.78 is 38.0. The van der Waals surface area contributed by atoms with Gasteiger partial charge in [-0.05, 0) is 72.6 Å². The van der Waals surface area contributed by atoms with Crippen LogP contribution in [0.25, 0.3) is 0 Å². The molecule has 0 spiro atoms. The van der Waals surface area contributed by atoms with Gasteiger partial charge in [0.2, 0.25) is 0 Å². The van der Waals surface area contributed by atoms with E-state index in [0.717, 1.165) is 16.3 Å². The zero-order chi connectivity index (χ0) is 22.4. The van der Waals surface area contributed by atoms with Crippen LogP contribution in [0.3, 0.4) is 0 Å². The number of methoxy groups -OCH3 is 1. The van der Waals surface area contributed by atoms with Crippen LogP contribution in [0.15, 0.2) is 77.7 Å². The van der Waals surface area contributed by atoms with E-state index >= 15 is 0 Å². The Morgan fingerprint density at radius 2 is 1.48 bits per heavy atom. The van der Waals surface area contributed by atoms with E-state index in [1.807, 2.05) is 19.1 Å². The second kappa shape index (κ2) is 9.85. The number of nitrogens with zero attached hydrogens (tertiary/aromatic N) is 1. The maximum Gasteiger partial charge on any atom is 0.278 e. The number of hydrogen-bond acceptors (Lipinski definition) is 5. The fraction of sp³-hybridized carbons (Fsp3) is 0.174. The standard InChI is InChI=1S/C23H22ClNO5S/c1-3-17-4-10-21(11-5-17)30-16-23(26)25(19-8-12-20(29-2)13-9-19)31(27,28)22-14-6-18(24)7-15-22/h4-15H,3,16H2,1-2H3. The smallest absolute Gasteiger partial charge is 0.278 e. The van der Waals surface area contributed by atoms with Crippen molar-refractivity contribution < 1.29 is 22.7 Å². The molecule has 0 aliphatic carbocycles.